The highest BCUT2D eigenvalue weighted by molar-refractivity contribution is 5.35. The Bertz CT molecular complexity index is 564. The molecule has 2 fully saturated rings. The average molecular weight is 256 g/mol. The van der Waals surface area contributed by atoms with Crippen LogP contribution in [0.3, 0.4) is 0 Å². The fourth-order valence-electron chi connectivity index (χ4n) is 3.98. The predicted octanol–water partition coefficient (Wildman–Crippen LogP) is 3.47. The van der Waals surface area contributed by atoms with E-state index in [0.29, 0.717) is 18.3 Å². The van der Waals surface area contributed by atoms with Crippen molar-refractivity contribution in [2.45, 2.75) is 32.1 Å². The Balaban J connectivity index is 1.86. The van der Waals surface area contributed by atoms with Gasteiger partial charge in [0.2, 0.25) is 0 Å². The monoisotopic (exact) mass is 256 g/mol. The van der Waals surface area contributed by atoms with E-state index < -0.39 is 0 Å². The fourth-order valence-corrected chi connectivity index (χ4v) is 3.98. The van der Waals surface area contributed by atoms with Crippen molar-refractivity contribution < 1.29 is 4.92 Å². The van der Waals surface area contributed by atoms with Crippen LogP contribution in [0.2, 0.25) is 0 Å². The van der Waals surface area contributed by atoms with E-state index in [1.807, 2.05) is 6.07 Å². The number of hydrogen-bond donors (Lipinski definition) is 0. The number of non-ortho nitro benzene ring substituents is 1. The van der Waals surface area contributed by atoms with Crippen LogP contribution in [0, 0.1) is 38.7 Å². The molecule has 3 rings (SSSR count). The van der Waals surface area contributed by atoms with Crippen LogP contribution in [0.25, 0.3) is 0 Å². The van der Waals surface area contributed by atoms with Crippen LogP contribution in [0.15, 0.2) is 24.3 Å². The van der Waals surface area contributed by atoms with E-state index in [1.165, 1.54) is 18.9 Å². The second kappa shape index (κ2) is 4.34. The molecule has 19 heavy (non-hydrogen) atoms. The molecular formula is C15H16N2O2. The Morgan fingerprint density at radius 1 is 1.47 bits per heavy atom. The van der Waals surface area contributed by atoms with Gasteiger partial charge in [0, 0.05) is 12.1 Å². The first-order valence-electron chi connectivity index (χ1n) is 6.77. The number of nitro groups is 1. The summed E-state index contributed by atoms with van der Waals surface area (Å²) in [7, 11) is 0. The summed E-state index contributed by atoms with van der Waals surface area (Å²) in [5, 5.41) is 20.4. The molecule has 0 N–H and O–H groups in total. The Labute approximate surface area is 112 Å². The van der Waals surface area contributed by atoms with Crippen molar-refractivity contribution in [2.24, 2.45) is 17.3 Å². The van der Waals surface area contributed by atoms with Crippen LogP contribution in [0.4, 0.5) is 5.69 Å². The fraction of sp³-hybridized carbons (Fsp3) is 0.533. The van der Waals surface area contributed by atoms with Crippen LogP contribution < -0.4 is 0 Å². The van der Waals surface area contributed by atoms with E-state index in [-0.39, 0.29) is 16.0 Å². The second-order valence-corrected chi connectivity index (χ2v) is 5.95. The van der Waals surface area contributed by atoms with Gasteiger partial charge in [-0.15, -0.1) is 0 Å². The minimum Gasteiger partial charge on any atom is -0.258 e. The summed E-state index contributed by atoms with van der Waals surface area (Å²) >= 11 is 0. The first-order chi connectivity index (χ1) is 9.13. The number of rotatable bonds is 3. The van der Waals surface area contributed by atoms with Crippen molar-refractivity contribution in [3.63, 3.8) is 0 Å². The molecule has 4 nitrogen and oxygen atoms in total. The van der Waals surface area contributed by atoms with Crippen molar-refractivity contribution in [1.29, 1.82) is 5.26 Å². The number of nitrogens with zero attached hydrogens (tertiary/aromatic N) is 2. The van der Waals surface area contributed by atoms with E-state index >= 15 is 0 Å². The predicted molar refractivity (Wildman–Crippen MR) is 70.3 cm³/mol. The normalized spacial score (nSPS) is 32.2. The molecule has 0 spiro atoms. The molecule has 0 heterocycles. The molecule has 2 saturated carbocycles. The summed E-state index contributed by atoms with van der Waals surface area (Å²) in [6.07, 6.45) is 5.20. The lowest BCUT2D eigenvalue weighted by Gasteiger charge is -2.31. The Kier molecular flexibility index (Phi) is 2.78. The van der Waals surface area contributed by atoms with Gasteiger partial charge in [0.25, 0.3) is 5.69 Å². The van der Waals surface area contributed by atoms with Crippen molar-refractivity contribution >= 4 is 5.69 Å². The molecule has 4 heteroatoms. The van der Waals surface area contributed by atoms with Gasteiger partial charge in [-0.1, -0.05) is 18.6 Å². The van der Waals surface area contributed by atoms with Crippen molar-refractivity contribution in [1.82, 2.24) is 0 Å². The van der Waals surface area contributed by atoms with Crippen LogP contribution in [0.5, 0.6) is 0 Å². The Morgan fingerprint density at radius 3 is 2.89 bits per heavy atom. The maximum Gasteiger partial charge on any atom is 0.269 e. The zero-order chi connectivity index (χ0) is 13.5. The smallest absolute Gasteiger partial charge is 0.258 e. The Hall–Kier alpha value is -1.89. The lowest BCUT2D eigenvalue weighted by molar-refractivity contribution is -0.384. The summed E-state index contributed by atoms with van der Waals surface area (Å²) in [6, 6.07) is 9.27. The number of benzene rings is 1. The van der Waals surface area contributed by atoms with Gasteiger partial charge in [-0.05, 0) is 43.1 Å². The molecule has 0 radical (unpaired) electrons. The SMILES string of the molecule is N#CC1(Cc2cccc([N+](=O)[O-])c2)CC2CCC1C2. The molecule has 3 atom stereocenters. The lowest BCUT2D eigenvalue weighted by Crippen LogP contribution is -2.28. The summed E-state index contributed by atoms with van der Waals surface area (Å²) in [5.74, 6) is 1.19. The third-order valence-corrected chi connectivity index (χ3v) is 4.84. The van der Waals surface area contributed by atoms with Gasteiger partial charge in [-0.2, -0.15) is 5.26 Å². The molecule has 98 valence electrons. The molecular weight excluding hydrogens is 240 g/mol. The van der Waals surface area contributed by atoms with Crippen molar-refractivity contribution in [3.8, 4) is 6.07 Å². The van der Waals surface area contributed by atoms with Gasteiger partial charge in [-0.25, -0.2) is 0 Å². The summed E-state index contributed by atoms with van der Waals surface area (Å²) in [5.41, 5.74) is 0.759. The first kappa shape index (κ1) is 12.2. The highest BCUT2D eigenvalue weighted by Crippen LogP contribution is 2.57. The maximum absolute atomic E-state index is 10.8. The largest absolute Gasteiger partial charge is 0.269 e. The van der Waals surface area contributed by atoms with Gasteiger partial charge in [-0.3, -0.25) is 10.1 Å². The molecule has 1 aromatic rings. The topological polar surface area (TPSA) is 66.9 Å². The van der Waals surface area contributed by atoms with Gasteiger partial charge < -0.3 is 0 Å². The number of fused-ring (bicyclic) bond motifs is 2. The number of nitriles is 1. The van der Waals surface area contributed by atoms with Gasteiger partial charge >= 0.3 is 0 Å². The quantitative estimate of drug-likeness (QED) is 0.614. The molecule has 0 aromatic heterocycles. The molecule has 2 aliphatic rings. The first-order valence-corrected chi connectivity index (χ1v) is 6.77. The minimum absolute atomic E-state index is 0.119. The van der Waals surface area contributed by atoms with Crippen molar-refractivity contribution in [2.75, 3.05) is 0 Å². The second-order valence-electron chi connectivity index (χ2n) is 5.95. The molecule has 0 amide bonds. The maximum atomic E-state index is 10.8. The Morgan fingerprint density at radius 2 is 2.32 bits per heavy atom. The highest BCUT2D eigenvalue weighted by Gasteiger charge is 2.51. The zero-order valence-corrected chi connectivity index (χ0v) is 10.7. The van der Waals surface area contributed by atoms with Gasteiger partial charge in [0.1, 0.15) is 0 Å². The van der Waals surface area contributed by atoms with Crippen LogP contribution in [0.1, 0.15) is 31.2 Å². The van der Waals surface area contributed by atoms with E-state index in [4.69, 9.17) is 0 Å². The molecule has 3 unspecified atom stereocenters. The highest BCUT2D eigenvalue weighted by atomic mass is 16.6. The molecule has 0 aliphatic heterocycles. The number of hydrogen-bond acceptors (Lipinski definition) is 3. The van der Waals surface area contributed by atoms with Crippen molar-refractivity contribution in [3.05, 3.63) is 39.9 Å². The molecule has 0 saturated heterocycles. The minimum atomic E-state index is -0.372. The van der Waals surface area contributed by atoms with Gasteiger partial charge in [0.05, 0.1) is 16.4 Å². The standard InChI is InChI=1S/C15H16N2O2/c16-10-15(9-12-4-5-13(15)6-12)8-11-2-1-3-14(7-11)17(18)19/h1-3,7,12-13H,4-6,8-9H2. The van der Waals surface area contributed by atoms with E-state index in [1.54, 1.807) is 12.1 Å². The lowest BCUT2D eigenvalue weighted by atomic mass is 9.70. The van der Waals surface area contributed by atoms with E-state index in [0.717, 1.165) is 18.4 Å². The van der Waals surface area contributed by atoms with E-state index in [9.17, 15) is 15.4 Å². The molecule has 2 aliphatic carbocycles. The average Bonchev–Trinajstić information content (AvgIpc) is 3.00. The summed E-state index contributed by atoms with van der Waals surface area (Å²) in [6.45, 7) is 0. The third kappa shape index (κ3) is 1.99. The number of nitro benzene ring substituents is 1. The van der Waals surface area contributed by atoms with Crippen LogP contribution in [-0.2, 0) is 6.42 Å². The van der Waals surface area contributed by atoms with E-state index in [2.05, 4.69) is 6.07 Å². The molecule has 2 bridgehead atoms. The van der Waals surface area contributed by atoms with Gasteiger partial charge in [0.15, 0.2) is 0 Å². The summed E-state index contributed by atoms with van der Waals surface area (Å²) < 4.78 is 0. The third-order valence-electron chi connectivity index (χ3n) is 4.84. The molecule has 1 aromatic carbocycles. The van der Waals surface area contributed by atoms with Crippen LogP contribution >= 0.6 is 0 Å². The summed E-state index contributed by atoms with van der Waals surface area (Å²) in [4.78, 5) is 10.4. The van der Waals surface area contributed by atoms with Crippen LogP contribution in [-0.4, -0.2) is 4.92 Å². The zero-order valence-electron chi connectivity index (χ0n) is 10.7.